The minimum Gasteiger partial charge on any atom is -0.481 e. The van der Waals surface area contributed by atoms with Gasteiger partial charge in [-0.1, -0.05) is 5.92 Å². The second-order valence-corrected chi connectivity index (χ2v) is 6.38. The lowest BCUT2D eigenvalue weighted by atomic mass is 9.92. The van der Waals surface area contributed by atoms with Gasteiger partial charge in [-0.05, 0) is 37.1 Å². The predicted molar refractivity (Wildman–Crippen MR) is 100 cm³/mol. The van der Waals surface area contributed by atoms with Crippen LogP contribution in [-0.4, -0.2) is 41.3 Å². The van der Waals surface area contributed by atoms with Crippen LogP contribution in [0.3, 0.4) is 0 Å². The van der Waals surface area contributed by atoms with Gasteiger partial charge in [0.15, 0.2) is 0 Å². The van der Waals surface area contributed by atoms with E-state index in [1.54, 1.807) is 29.2 Å². The van der Waals surface area contributed by atoms with E-state index in [0.29, 0.717) is 24.2 Å². The fraction of sp³-hybridized carbons (Fsp3) is 0.368. The van der Waals surface area contributed by atoms with Gasteiger partial charge in [0.25, 0.3) is 0 Å². The summed E-state index contributed by atoms with van der Waals surface area (Å²) in [7, 11) is 0. The molecule has 1 fully saturated rings. The molecule has 1 saturated heterocycles. The summed E-state index contributed by atoms with van der Waals surface area (Å²) in [6, 6.07) is 5.88. The Kier molecular flexibility index (Phi) is 6.55. The molecule has 8 heteroatoms. The molecule has 0 spiro atoms. The molecule has 142 valence electrons. The van der Waals surface area contributed by atoms with Crippen molar-refractivity contribution in [3.05, 3.63) is 29.8 Å². The number of benzene rings is 1. The minimum atomic E-state index is -1.10. The summed E-state index contributed by atoms with van der Waals surface area (Å²) in [5.41, 5.74) is 6.69. The molecule has 8 nitrogen and oxygen atoms in total. The normalized spacial score (nSPS) is 17.7. The summed E-state index contributed by atoms with van der Waals surface area (Å²) in [5, 5.41) is 18.7. The van der Waals surface area contributed by atoms with Crippen molar-refractivity contribution in [1.82, 2.24) is 5.32 Å². The second kappa shape index (κ2) is 8.85. The smallest absolute Gasteiger partial charge is 0.306 e. The maximum atomic E-state index is 12.8. The summed E-state index contributed by atoms with van der Waals surface area (Å²) in [5.74, 6) is -0.0230. The lowest BCUT2D eigenvalue weighted by molar-refractivity contribution is -0.137. The molecule has 1 heterocycles. The van der Waals surface area contributed by atoms with E-state index >= 15 is 0 Å². The molecule has 2 amide bonds. The Morgan fingerprint density at radius 2 is 2.07 bits per heavy atom. The van der Waals surface area contributed by atoms with E-state index in [1.807, 2.05) is 0 Å². The van der Waals surface area contributed by atoms with Gasteiger partial charge in [0.05, 0.1) is 6.42 Å². The number of terminal acetylenes is 1. The zero-order valence-corrected chi connectivity index (χ0v) is 14.8. The van der Waals surface area contributed by atoms with E-state index in [0.717, 1.165) is 6.42 Å². The van der Waals surface area contributed by atoms with E-state index < -0.39 is 23.8 Å². The van der Waals surface area contributed by atoms with Crippen molar-refractivity contribution in [3.8, 4) is 12.3 Å². The Balaban J connectivity index is 2.01. The number of nitrogens with two attached hydrogens (primary N) is 1. The molecule has 0 bridgehead atoms. The fourth-order valence-corrected chi connectivity index (χ4v) is 3.02. The van der Waals surface area contributed by atoms with Crippen LogP contribution >= 0.6 is 0 Å². The second-order valence-electron chi connectivity index (χ2n) is 6.38. The van der Waals surface area contributed by atoms with Crippen LogP contribution in [0.15, 0.2) is 24.3 Å². The number of amidine groups is 1. The molecule has 1 aliphatic heterocycles. The molecule has 1 aromatic rings. The van der Waals surface area contributed by atoms with Crippen molar-refractivity contribution in [2.45, 2.75) is 31.7 Å². The highest BCUT2D eigenvalue weighted by atomic mass is 16.4. The first kappa shape index (κ1) is 20.0. The summed E-state index contributed by atoms with van der Waals surface area (Å²) in [4.78, 5) is 37.3. The Morgan fingerprint density at radius 3 is 2.63 bits per heavy atom. The maximum absolute atomic E-state index is 12.8. The van der Waals surface area contributed by atoms with Gasteiger partial charge in [-0.15, -0.1) is 6.42 Å². The standard InChI is InChI=1S/C19H22N4O4/c1-2-14(11-17(25)26)22-16(24)10-13-4-3-9-23(19(13)27)15-7-5-12(6-8-15)18(20)21/h1,5-8,13-14H,3-4,9-11H2,(H3,20,21)(H,22,24)(H,25,26)/t13-,14?/m0/s1. The van der Waals surface area contributed by atoms with Crippen LogP contribution < -0.4 is 16.0 Å². The number of carboxylic acids is 1. The number of nitrogen functional groups attached to an aromatic ring is 1. The van der Waals surface area contributed by atoms with Crippen LogP contribution in [0.4, 0.5) is 5.69 Å². The van der Waals surface area contributed by atoms with E-state index in [-0.39, 0.29) is 24.6 Å². The number of anilines is 1. The number of carbonyl (C=O) groups excluding carboxylic acids is 2. The van der Waals surface area contributed by atoms with Crippen molar-refractivity contribution in [2.75, 3.05) is 11.4 Å². The first-order chi connectivity index (χ1) is 12.8. The number of aliphatic carboxylic acids is 1. The third-order valence-corrected chi connectivity index (χ3v) is 4.39. The number of carboxylic acid groups (broad SMARTS) is 1. The van der Waals surface area contributed by atoms with Crippen LogP contribution in [-0.2, 0) is 14.4 Å². The highest BCUT2D eigenvalue weighted by Gasteiger charge is 2.31. The first-order valence-electron chi connectivity index (χ1n) is 8.55. The summed E-state index contributed by atoms with van der Waals surface area (Å²) >= 11 is 0. The van der Waals surface area contributed by atoms with Gasteiger partial charge in [-0.2, -0.15) is 0 Å². The molecule has 0 aromatic heterocycles. The average molecular weight is 370 g/mol. The van der Waals surface area contributed by atoms with E-state index in [4.69, 9.17) is 22.7 Å². The van der Waals surface area contributed by atoms with Gasteiger partial charge in [-0.25, -0.2) is 0 Å². The quantitative estimate of drug-likeness (QED) is 0.318. The fourth-order valence-electron chi connectivity index (χ4n) is 3.02. The molecule has 0 radical (unpaired) electrons. The molecule has 2 rings (SSSR count). The summed E-state index contributed by atoms with van der Waals surface area (Å²) in [6.45, 7) is 0.544. The van der Waals surface area contributed by atoms with Crippen molar-refractivity contribution < 1.29 is 19.5 Å². The number of nitrogens with zero attached hydrogens (tertiary/aromatic N) is 1. The Hall–Kier alpha value is -3.34. The highest BCUT2D eigenvalue weighted by Crippen LogP contribution is 2.26. The van der Waals surface area contributed by atoms with Crippen molar-refractivity contribution in [2.24, 2.45) is 11.7 Å². The number of carbonyl (C=O) groups is 3. The largest absolute Gasteiger partial charge is 0.481 e. The number of rotatable bonds is 7. The van der Waals surface area contributed by atoms with Crippen LogP contribution in [0.2, 0.25) is 0 Å². The molecule has 2 atom stereocenters. The molecule has 1 unspecified atom stereocenters. The molecule has 1 aliphatic rings. The third kappa shape index (κ3) is 5.31. The van der Waals surface area contributed by atoms with Gasteiger partial charge in [-0.3, -0.25) is 19.8 Å². The average Bonchev–Trinajstić information content (AvgIpc) is 2.62. The summed E-state index contributed by atoms with van der Waals surface area (Å²) < 4.78 is 0. The summed E-state index contributed by atoms with van der Waals surface area (Å²) in [6.07, 6.45) is 6.14. The van der Waals surface area contributed by atoms with Crippen LogP contribution in [0.25, 0.3) is 0 Å². The van der Waals surface area contributed by atoms with E-state index in [2.05, 4.69) is 11.2 Å². The van der Waals surface area contributed by atoms with E-state index in [9.17, 15) is 14.4 Å². The number of nitrogens with one attached hydrogen (secondary N) is 2. The monoisotopic (exact) mass is 370 g/mol. The van der Waals surface area contributed by atoms with Crippen LogP contribution in [0.5, 0.6) is 0 Å². The van der Waals surface area contributed by atoms with Gasteiger partial charge in [0.2, 0.25) is 11.8 Å². The van der Waals surface area contributed by atoms with Crippen molar-refractivity contribution in [3.63, 3.8) is 0 Å². The highest BCUT2D eigenvalue weighted by molar-refractivity contribution is 5.99. The van der Waals surface area contributed by atoms with Gasteiger partial charge in [0, 0.05) is 30.1 Å². The third-order valence-electron chi connectivity index (χ3n) is 4.39. The van der Waals surface area contributed by atoms with Gasteiger partial charge in [0.1, 0.15) is 11.9 Å². The van der Waals surface area contributed by atoms with Crippen LogP contribution in [0, 0.1) is 23.7 Å². The number of hydrogen-bond acceptors (Lipinski definition) is 4. The van der Waals surface area contributed by atoms with Crippen LogP contribution in [0.1, 0.15) is 31.2 Å². The van der Waals surface area contributed by atoms with Crippen molar-refractivity contribution in [1.29, 1.82) is 5.41 Å². The number of hydrogen-bond donors (Lipinski definition) is 4. The first-order valence-corrected chi connectivity index (χ1v) is 8.55. The Morgan fingerprint density at radius 1 is 1.41 bits per heavy atom. The molecule has 0 saturated carbocycles. The minimum absolute atomic E-state index is 0.0430. The lowest BCUT2D eigenvalue weighted by Gasteiger charge is -2.32. The molecule has 27 heavy (non-hydrogen) atoms. The number of piperidine rings is 1. The zero-order chi connectivity index (χ0) is 20.0. The lowest BCUT2D eigenvalue weighted by Crippen LogP contribution is -2.44. The number of amides is 2. The molecular formula is C19H22N4O4. The Bertz CT molecular complexity index is 782. The van der Waals surface area contributed by atoms with Crippen molar-refractivity contribution >= 4 is 29.3 Å². The molecular weight excluding hydrogens is 348 g/mol. The predicted octanol–water partition coefficient (Wildman–Crippen LogP) is 0.696. The van der Waals surface area contributed by atoms with Gasteiger partial charge >= 0.3 is 5.97 Å². The van der Waals surface area contributed by atoms with E-state index in [1.165, 1.54) is 0 Å². The maximum Gasteiger partial charge on any atom is 0.306 e. The molecule has 1 aromatic carbocycles. The molecule has 0 aliphatic carbocycles. The molecule has 5 N–H and O–H groups in total. The zero-order valence-electron chi connectivity index (χ0n) is 14.8. The van der Waals surface area contributed by atoms with Gasteiger partial charge < -0.3 is 21.1 Å². The SMILES string of the molecule is C#CC(CC(=O)O)NC(=O)C[C@@H]1CCCN(c2ccc(C(=N)N)cc2)C1=O. The topological polar surface area (TPSA) is 137 Å². The Labute approximate surface area is 157 Å².